The highest BCUT2D eigenvalue weighted by atomic mass is 32.1. The van der Waals surface area contributed by atoms with E-state index in [1.807, 2.05) is 0 Å². The molecule has 3 aromatic rings. The second-order valence-corrected chi connectivity index (χ2v) is 8.45. The number of hydrogen-bond donors (Lipinski definition) is 1. The first-order valence-corrected chi connectivity index (χ1v) is 10.2. The first-order chi connectivity index (χ1) is 14.2. The topological polar surface area (TPSA) is 54.4 Å². The van der Waals surface area contributed by atoms with E-state index >= 15 is 0 Å². The molecular weight excluding hydrogens is 413 g/mol. The van der Waals surface area contributed by atoms with Crippen LogP contribution in [-0.4, -0.2) is 16.9 Å². The normalized spacial score (nSPS) is 16.4. The second-order valence-electron chi connectivity index (χ2n) is 7.29. The van der Waals surface area contributed by atoms with Gasteiger partial charge in [0.15, 0.2) is 5.78 Å². The summed E-state index contributed by atoms with van der Waals surface area (Å²) in [4.78, 5) is 25.2. The van der Waals surface area contributed by atoms with Crippen LogP contribution in [0.1, 0.15) is 42.5 Å². The highest BCUT2D eigenvalue weighted by molar-refractivity contribution is 7.13. The van der Waals surface area contributed by atoms with E-state index in [-0.39, 0.29) is 16.6 Å². The third-order valence-electron chi connectivity index (χ3n) is 5.38. The fourth-order valence-electron chi connectivity index (χ4n) is 3.93. The van der Waals surface area contributed by atoms with Crippen LogP contribution in [0.4, 0.5) is 13.2 Å². The number of benzene rings is 2. The van der Waals surface area contributed by atoms with E-state index in [0.717, 1.165) is 33.9 Å². The van der Waals surface area contributed by atoms with Crippen LogP contribution in [0.5, 0.6) is 0 Å². The molecule has 0 radical (unpaired) electrons. The van der Waals surface area contributed by atoms with E-state index in [1.165, 1.54) is 12.1 Å². The lowest BCUT2D eigenvalue weighted by Crippen LogP contribution is -2.24. The van der Waals surface area contributed by atoms with Gasteiger partial charge in [-0.25, -0.2) is 4.79 Å². The monoisotopic (exact) mass is 430 g/mol. The van der Waals surface area contributed by atoms with Crippen molar-refractivity contribution in [3.63, 3.8) is 0 Å². The van der Waals surface area contributed by atoms with Crippen LogP contribution in [0.2, 0.25) is 0 Å². The minimum absolute atomic E-state index is 0.0460. The van der Waals surface area contributed by atoms with Gasteiger partial charge in [-0.05, 0) is 60.2 Å². The van der Waals surface area contributed by atoms with Gasteiger partial charge in [-0.15, -0.1) is 11.3 Å². The number of carbonyl (C=O) groups excluding carboxylic acids is 1. The Labute approximate surface area is 174 Å². The molecule has 0 saturated heterocycles. The Morgan fingerprint density at radius 1 is 1.07 bits per heavy atom. The molecule has 1 heterocycles. The molecule has 0 amide bonds. The van der Waals surface area contributed by atoms with Gasteiger partial charge in [0, 0.05) is 16.4 Å². The van der Waals surface area contributed by atoms with E-state index in [2.05, 4.69) is 0 Å². The maximum Gasteiger partial charge on any atom is 0.416 e. The molecule has 0 aliphatic heterocycles. The smallest absolute Gasteiger partial charge is 0.416 e. The zero-order chi connectivity index (χ0) is 21.5. The van der Waals surface area contributed by atoms with Crippen LogP contribution in [0.3, 0.4) is 0 Å². The van der Waals surface area contributed by atoms with Crippen LogP contribution in [0, 0.1) is 5.92 Å². The molecule has 154 valence electrons. The van der Waals surface area contributed by atoms with Crippen LogP contribution in [-0.2, 0) is 19.0 Å². The van der Waals surface area contributed by atoms with E-state index in [9.17, 15) is 22.8 Å². The quantitative estimate of drug-likeness (QED) is 0.543. The Bertz CT molecular complexity index is 1130. The summed E-state index contributed by atoms with van der Waals surface area (Å²) in [6, 6.07) is 13.6. The van der Waals surface area contributed by atoms with Crippen molar-refractivity contribution in [1.29, 1.82) is 0 Å². The maximum absolute atomic E-state index is 13.1. The zero-order valence-electron chi connectivity index (χ0n) is 15.7. The van der Waals surface area contributed by atoms with Gasteiger partial charge in [-0.1, -0.05) is 30.3 Å². The SMILES string of the molecule is O=C(O)c1ccc(CC2CCc3c(cccc3-c3cccc(C(F)(F)F)c3)C2=O)s1. The van der Waals surface area contributed by atoms with Crippen molar-refractivity contribution in [2.24, 2.45) is 5.92 Å². The Hall–Kier alpha value is -2.93. The Morgan fingerprint density at radius 3 is 2.50 bits per heavy atom. The number of carboxylic acids is 1. The summed E-state index contributed by atoms with van der Waals surface area (Å²) < 4.78 is 39.3. The average Bonchev–Trinajstić information content (AvgIpc) is 3.18. The fourth-order valence-corrected chi connectivity index (χ4v) is 4.86. The lowest BCUT2D eigenvalue weighted by Gasteiger charge is -2.25. The number of thiophene rings is 1. The van der Waals surface area contributed by atoms with Gasteiger partial charge in [0.2, 0.25) is 0 Å². The molecule has 1 N–H and O–H groups in total. The van der Waals surface area contributed by atoms with Gasteiger partial charge in [0.25, 0.3) is 0 Å². The summed E-state index contributed by atoms with van der Waals surface area (Å²) in [5.41, 5.74) is 1.68. The first-order valence-electron chi connectivity index (χ1n) is 9.40. The van der Waals surface area contributed by atoms with Gasteiger partial charge in [0.1, 0.15) is 4.88 Å². The molecule has 0 spiro atoms. The molecule has 2 aromatic carbocycles. The molecule has 0 bridgehead atoms. The molecule has 1 aliphatic rings. The number of alkyl halides is 3. The first kappa shape index (κ1) is 20.3. The lowest BCUT2D eigenvalue weighted by molar-refractivity contribution is -0.137. The highest BCUT2D eigenvalue weighted by Gasteiger charge is 2.32. The van der Waals surface area contributed by atoms with Gasteiger partial charge in [0.05, 0.1) is 5.56 Å². The Kier molecular flexibility index (Phi) is 5.24. The van der Waals surface area contributed by atoms with Crippen molar-refractivity contribution < 1.29 is 27.9 Å². The third-order valence-corrected chi connectivity index (χ3v) is 6.47. The summed E-state index contributed by atoms with van der Waals surface area (Å²) in [7, 11) is 0. The zero-order valence-corrected chi connectivity index (χ0v) is 16.5. The number of fused-ring (bicyclic) bond motifs is 1. The highest BCUT2D eigenvalue weighted by Crippen LogP contribution is 2.37. The number of hydrogen-bond acceptors (Lipinski definition) is 3. The molecule has 1 atom stereocenters. The van der Waals surface area contributed by atoms with Crippen LogP contribution in [0.15, 0.2) is 54.6 Å². The standard InChI is InChI=1S/C23H17F3O3S/c24-23(25,26)15-4-1-3-13(11-15)17-5-2-6-19-18(17)9-7-14(21(19)27)12-16-8-10-20(30-16)22(28)29/h1-6,8,10-11,14H,7,9,12H2,(H,28,29). The summed E-state index contributed by atoms with van der Waals surface area (Å²) in [6.07, 6.45) is -2.82. The van der Waals surface area contributed by atoms with E-state index < -0.39 is 17.7 Å². The van der Waals surface area contributed by atoms with Crippen molar-refractivity contribution in [2.75, 3.05) is 0 Å². The molecular formula is C23H17F3O3S. The maximum atomic E-state index is 13.1. The van der Waals surface area contributed by atoms with Crippen molar-refractivity contribution in [1.82, 2.24) is 0 Å². The molecule has 30 heavy (non-hydrogen) atoms. The molecule has 1 unspecified atom stereocenters. The lowest BCUT2D eigenvalue weighted by atomic mass is 9.78. The largest absolute Gasteiger partial charge is 0.477 e. The Morgan fingerprint density at radius 2 is 1.80 bits per heavy atom. The number of aromatic carboxylic acids is 1. The summed E-state index contributed by atoms with van der Waals surface area (Å²) in [5.74, 6) is -1.30. The number of Topliss-reactive ketones (excluding diaryl/α,β-unsaturated/α-hetero) is 1. The van der Waals surface area contributed by atoms with Crippen molar-refractivity contribution in [3.05, 3.63) is 81.0 Å². The molecule has 4 rings (SSSR count). The number of carboxylic acid groups (broad SMARTS) is 1. The average molecular weight is 430 g/mol. The molecule has 0 fully saturated rings. The van der Waals surface area contributed by atoms with Crippen LogP contribution >= 0.6 is 11.3 Å². The van der Waals surface area contributed by atoms with Crippen molar-refractivity contribution in [3.8, 4) is 11.1 Å². The molecule has 1 aliphatic carbocycles. The molecule has 1 aromatic heterocycles. The number of carbonyl (C=O) groups is 2. The van der Waals surface area contributed by atoms with E-state index in [0.29, 0.717) is 36.0 Å². The molecule has 7 heteroatoms. The predicted octanol–water partition coefficient (Wildman–Crippen LogP) is 6.12. The van der Waals surface area contributed by atoms with Gasteiger partial charge in [-0.2, -0.15) is 13.2 Å². The summed E-state index contributed by atoms with van der Waals surface area (Å²) in [6.45, 7) is 0. The molecule has 0 saturated carbocycles. The summed E-state index contributed by atoms with van der Waals surface area (Å²) >= 11 is 1.16. The van der Waals surface area contributed by atoms with E-state index in [4.69, 9.17) is 5.11 Å². The molecule has 3 nitrogen and oxygen atoms in total. The second kappa shape index (κ2) is 7.72. The fraction of sp³-hybridized carbons (Fsp3) is 0.217. The van der Waals surface area contributed by atoms with Gasteiger partial charge < -0.3 is 5.11 Å². The van der Waals surface area contributed by atoms with E-state index in [1.54, 1.807) is 30.3 Å². The Balaban J connectivity index is 1.64. The predicted molar refractivity (Wildman–Crippen MR) is 108 cm³/mol. The number of ketones is 1. The third kappa shape index (κ3) is 3.89. The number of rotatable bonds is 4. The van der Waals surface area contributed by atoms with Crippen molar-refractivity contribution in [2.45, 2.75) is 25.4 Å². The van der Waals surface area contributed by atoms with Crippen molar-refractivity contribution >= 4 is 23.1 Å². The van der Waals surface area contributed by atoms with Crippen LogP contribution < -0.4 is 0 Å². The van der Waals surface area contributed by atoms with Gasteiger partial charge >= 0.3 is 12.1 Å². The summed E-state index contributed by atoms with van der Waals surface area (Å²) in [5, 5.41) is 9.07. The number of halogens is 3. The minimum atomic E-state index is -4.43. The van der Waals surface area contributed by atoms with Crippen LogP contribution in [0.25, 0.3) is 11.1 Å². The van der Waals surface area contributed by atoms with Gasteiger partial charge in [-0.3, -0.25) is 4.79 Å². The minimum Gasteiger partial charge on any atom is -0.477 e.